The minimum Gasteiger partial charge on any atom is -0.741 e. The van der Waals surface area contributed by atoms with E-state index in [0.717, 1.165) is 24.1 Å². The summed E-state index contributed by atoms with van der Waals surface area (Å²) in [6.07, 6.45) is 0. The van der Waals surface area contributed by atoms with Gasteiger partial charge in [-0.2, -0.15) is 13.2 Å². The molecule has 0 aromatic carbocycles. The SMILES string of the molecule is CC[N+](C)(CC)CCO.O=S(=O)([O-])C(F)(F)F. The summed E-state index contributed by atoms with van der Waals surface area (Å²) < 4.78 is 59.9. The summed E-state index contributed by atoms with van der Waals surface area (Å²) in [6.45, 7) is 7.71. The number of rotatable bonds is 4. The zero-order valence-electron chi connectivity index (χ0n) is 9.99. The first kappa shape index (κ1) is 19.0. The second-order valence-electron chi connectivity index (χ2n) is 3.60. The molecule has 9 heteroatoms. The fraction of sp³-hybridized carbons (Fsp3) is 1.00. The van der Waals surface area contributed by atoms with Crippen LogP contribution in [0.1, 0.15) is 13.8 Å². The molecule has 0 aromatic heterocycles. The Morgan fingerprint density at radius 2 is 1.53 bits per heavy atom. The zero-order valence-corrected chi connectivity index (χ0v) is 10.8. The molecule has 0 saturated heterocycles. The van der Waals surface area contributed by atoms with E-state index >= 15 is 0 Å². The Hall–Kier alpha value is -0.380. The number of aliphatic hydroxyl groups is 1. The highest BCUT2D eigenvalue weighted by molar-refractivity contribution is 7.86. The summed E-state index contributed by atoms with van der Waals surface area (Å²) in [6, 6.07) is 0. The van der Waals surface area contributed by atoms with Gasteiger partial charge < -0.3 is 14.1 Å². The Kier molecular flexibility index (Phi) is 7.97. The zero-order chi connectivity index (χ0) is 14.3. The van der Waals surface area contributed by atoms with Crippen molar-refractivity contribution in [3.8, 4) is 0 Å². The average molecular weight is 281 g/mol. The third kappa shape index (κ3) is 8.36. The molecule has 0 saturated carbocycles. The van der Waals surface area contributed by atoms with Crippen LogP contribution in [0.25, 0.3) is 0 Å². The van der Waals surface area contributed by atoms with Gasteiger partial charge in [0.2, 0.25) is 0 Å². The molecule has 0 rings (SSSR count). The second kappa shape index (κ2) is 7.14. The molecule has 0 amide bonds. The van der Waals surface area contributed by atoms with Crippen LogP contribution in [0, 0.1) is 0 Å². The summed E-state index contributed by atoms with van der Waals surface area (Å²) >= 11 is 0. The lowest BCUT2D eigenvalue weighted by atomic mass is 10.4. The van der Waals surface area contributed by atoms with Gasteiger partial charge in [-0.15, -0.1) is 0 Å². The predicted octanol–water partition coefficient (Wildman–Crippen LogP) is 0.516. The van der Waals surface area contributed by atoms with Crippen molar-refractivity contribution in [2.45, 2.75) is 19.4 Å². The van der Waals surface area contributed by atoms with Crippen molar-refractivity contribution in [2.24, 2.45) is 0 Å². The summed E-state index contributed by atoms with van der Waals surface area (Å²) in [5.41, 5.74) is -5.65. The molecule has 0 heterocycles. The number of halogens is 3. The van der Waals surface area contributed by atoms with Crippen molar-refractivity contribution in [3.63, 3.8) is 0 Å². The second-order valence-corrected chi connectivity index (χ2v) is 4.97. The van der Waals surface area contributed by atoms with E-state index in [-0.39, 0.29) is 0 Å². The molecule has 106 valence electrons. The van der Waals surface area contributed by atoms with E-state index in [1.54, 1.807) is 0 Å². The van der Waals surface area contributed by atoms with Gasteiger partial charge in [0.05, 0.1) is 26.7 Å². The summed E-state index contributed by atoms with van der Waals surface area (Å²) in [4.78, 5) is 0. The highest BCUT2D eigenvalue weighted by Gasteiger charge is 2.36. The number of hydrogen-bond acceptors (Lipinski definition) is 4. The monoisotopic (exact) mass is 281 g/mol. The Bertz CT molecular complexity index is 298. The van der Waals surface area contributed by atoms with Crippen LogP contribution in [0.5, 0.6) is 0 Å². The fourth-order valence-corrected chi connectivity index (χ4v) is 0.781. The van der Waals surface area contributed by atoms with Crippen LogP contribution in [0.4, 0.5) is 13.2 Å². The normalized spacial score (nSPS) is 12.9. The Morgan fingerprint density at radius 3 is 1.59 bits per heavy atom. The third-order valence-corrected chi connectivity index (χ3v) is 3.02. The van der Waals surface area contributed by atoms with Crippen molar-refractivity contribution >= 4 is 10.1 Å². The fourth-order valence-electron chi connectivity index (χ4n) is 0.781. The largest absolute Gasteiger partial charge is 0.741 e. The van der Waals surface area contributed by atoms with Crippen LogP contribution in [-0.2, 0) is 10.1 Å². The minimum absolute atomic E-state index is 0.304. The number of nitrogens with zero attached hydrogens (tertiary/aromatic N) is 1. The van der Waals surface area contributed by atoms with Gasteiger partial charge >= 0.3 is 5.51 Å². The van der Waals surface area contributed by atoms with E-state index in [1.807, 2.05) is 0 Å². The molecule has 0 atom stereocenters. The van der Waals surface area contributed by atoms with Crippen molar-refractivity contribution in [1.82, 2.24) is 0 Å². The van der Waals surface area contributed by atoms with Crippen LogP contribution in [0.2, 0.25) is 0 Å². The van der Waals surface area contributed by atoms with Crippen LogP contribution < -0.4 is 0 Å². The van der Waals surface area contributed by atoms with Gasteiger partial charge in [-0.3, -0.25) is 0 Å². The highest BCUT2D eigenvalue weighted by atomic mass is 32.2. The molecule has 1 N–H and O–H groups in total. The topological polar surface area (TPSA) is 77.4 Å². The molecule has 0 bridgehead atoms. The maximum Gasteiger partial charge on any atom is 0.485 e. The van der Waals surface area contributed by atoms with Crippen LogP contribution in [0.3, 0.4) is 0 Å². The maximum atomic E-state index is 10.7. The molecule has 0 radical (unpaired) electrons. The molecule has 0 aliphatic carbocycles. The van der Waals surface area contributed by atoms with E-state index in [9.17, 15) is 13.2 Å². The van der Waals surface area contributed by atoms with Gasteiger partial charge in [-0.05, 0) is 13.8 Å². The summed E-state index contributed by atoms with van der Waals surface area (Å²) in [7, 11) is -3.93. The lowest BCUT2D eigenvalue weighted by Gasteiger charge is -2.31. The van der Waals surface area contributed by atoms with Gasteiger partial charge in [-0.1, -0.05) is 0 Å². The first-order chi connectivity index (χ1) is 7.43. The standard InChI is InChI=1S/C7H18NO.CHF3O3S/c1-4-8(3,5-2)6-7-9;2-1(3,4)8(5,6)7/h9H,4-7H2,1-3H3;(H,5,6,7)/q+1;/p-1. The van der Waals surface area contributed by atoms with Crippen LogP contribution in [-0.4, -0.2) is 61.4 Å². The molecule has 17 heavy (non-hydrogen) atoms. The number of alkyl halides is 3. The Morgan fingerprint density at radius 1 is 1.24 bits per heavy atom. The smallest absolute Gasteiger partial charge is 0.485 e. The molecule has 0 aromatic rings. The molecular formula is C8H18F3NO4S. The Labute approximate surface area is 99.2 Å². The van der Waals surface area contributed by atoms with Crippen molar-refractivity contribution < 1.29 is 35.7 Å². The molecule has 0 aliphatic heterocycles. The Balaban J connectivity index is 0. The van der Waals surface area contributed by atoms with E-state index in [0.29, 0.717) is 6.61 Å². The minimum atomic E-state index is -6.09. The van der Waals surface area contributed by atoms with Crippen LogP contribution in [0.15, 0.2) is 0 Å². The first-order valence-electron chi connectivity index (χ1n) is 4.90. The lowest BCUT2D eigenvalue weighted by Crippen LogP contribution is -2.45. The van der Waals surface area contributed by atoms with E-state index in [4.69, 9.17) is 18.1 Å². The quantitative estimate of drug-likeness (QED) is 0.463. The van der Waals surface area contributed by atoms with Gasteiger partial charge in [0.15, 0.2) is 10.1 Å². The van der Waals surface area contributed by atoms with Gasteiger partial charge in [0, 0.05) is 0 Å². The highest BCUT2D eigenvalue weighted by Crippen LogP contribution is 2.20. The van der Waals surface area contributed by atoms with Crippen molar-refractivity contribution in [3.05, 3.63) is 0 Å². The van der Waals surface area contributed by atoms with Gasteiger partial charge in [-0.25, -0.2) is 8.42 Å². The molecular weight excluding hydrogens is 263 g/mol. The van der Waals surface area contributed by atoms with Crippen molar-refractivity contribution in [2.75, 3.05) is 33.3 Å². The lowest BCUT2D eigenvalue weighted by molar-refractivity contribution is -0.906. The first-order valence-corrected chi connectivity index (χ1v) is 6.31. The maximum absolute atomic E-state index is 10.7. The summed E-state index contributed by atoms with van der Waals surface area (Å²) in [5, 5.41) is 8.65. The number of quaternary nitrogens is 1. The molecule has 0 spiro atoms. The number of aliphatic hydroxyl groups excluding tert-OH is 1. The van der Waals surface area contributed by atoms with Crippen LogP contribution >= 0.6 is 0 Å². The number of likely N-dealkylation sites (N-methyl/N-ethyl adjacent to an activating group) is 1. The molecule has 0 unspecified atom stereocenters. The van der Waals surface area contributed by atoms with E-state index in [1.165, 1.54) is 0 Å². The van der Waals surface area contributed by atoms with Gasteiger partial charge in [0.25, 0.3) is 0 Å². The van der Waals surface area contributed by atoms with Gasteiger partial charge in [0.1, 0.15) is 6.54 Å². The van der Waals surface area contributed by atoms with E-state index in [2.05, 4.69) is 20.9 Å². The molecule has 5 nitrogen and oxygen atoms in total. The predicted molar refractivity (Wildman–Crippen MR) is 55.0 cm³/mol. The van der Waals surface area contributed by atoms with E-state index < -0.39 is 15.6 Å². The molecule has 0 aliphatic rings. The molecule has 0 fully saturated rings. The third-order valence-electron chi connectivity index (χ3n) is 2.45. The number of hydrogen-bond donors (Lipinski definition) is 1. The van der Waals surface area contributed by atoms with Crippen molar-refractivity contribution in [1.29, 1.82) is 0 Å². The summed E-state index contributed by atoms with van der Waals surface area (Å²) in [5.74, 6) is 0. The average Bonchev–Trinajstić information content (AvgIpc) is 2.16.